The summed E-state index contributed by atoms with van der Waals surface area (Å²) in [7, 11) is 0. The number of amides is 1. The molecule has 100 valence electrons. The smallest absolute Gasteiger partial charge is 0.273 e. The molecule has 2 heterocycles. The van der Waals surface area contributed by atoms with E-state index in [4.69, 9.17) is 0 Å². The molecule has 6 heteroatoms. The van der Waals surface area contributed by atoms with Crippen molar-refractivity contribution in [2.75, 3.05) is 5.32 Å². The number of halogens is 2. The lowest BCUT2D eigenvalue weighted by Crippen LogP contribution is -2.17. The maximum absolute atomic E-state index is 12.7. The largest absolute Gasteiger partial charge is 0.342 e. The molecule has 0 saturated heterocycles. The molecule has 0 spiro atoms. The summed E-state index contributed by atoms with van der Waals surface area (Å²) in [6.45, 7) is 2.79. The van der Waals surface area contributed by atoms with Gasteiger partial charge < -0.3 is 9.88 Å². The van der Waals surface area contributed by atoms with E-state index in [1.165, 1.54) is 12.1 Å². The summed E-state index contributed by atoms with van der Waals surface area (Å²) >= 11 is 3.35. The third-order valence-corrected chi connectivity index (χ3v) is 2.96. The van der Waals surface area contributed by atoms with E-state index in [1.54, 1.807) is 6.07 Å². The number of hydrogen-bond donors (Lipinski definition) is 1. The monoisotopic (exact) mass is 325 g/mol. The predicted octanol–water partition coefficient (Wildman–Crippen LogP) is 3.45. The summed E-state index contributed by atoms with van der Waals surface area (Å²) in [6, 6.07) is 4.42. The number of carbonyl (C=O) groups excluding carboxylic acids is 1. The normalized spacial score (nSPS) is 10.5. The van der Waals surface area contributed by atoms with Gasteiger partial charge in [-0.1, -0.05) is 6.92 Å². The van der Waals surface area contributed by atoms with Gasteiger partial charge in [-0.25, -0.2) is 9.37 Å². The first-order valence-corrected chi connectivity index (χ1v) is 6.68. The number of nitrogens with one attached hydrogen (secondary N) is 1. The Morgan fingerprint density at radius 3 is 2.95 bits per heavy atom. The van der Waals surface area contributed by atoms with Crippen LogP contribution in [0.3, 0.4) is 0 Å². The van der Waals surface area contributed by atoms with Gasteiger partial charge in [-0.3, -0.25) is 4.79 Å². The molecule has 2 aromatic rings. The number of nitrogens with zero attached hydrogens (tertiary/aromatic N) is 2. The Bertz CT molecular complexity index is 580. The molecule has 2 aromatic heterocycles. The van der Waals surface area contributed by atoms with Crippen LogP contribution in [0, 0.1) is 5.82 Å². The zero-order valence-corrected chi connectivity index (χ0v) is 11.9. The lowest BCUT2D eigenvalue weighted by atomic mass is 10.3. The lowest BCUT2D eigenvalue weighted by Gasteiger charge is -2.08. The lowest BCUT2D eigenvalue weighted by molar-refractivity contribution is 0.101. The third kappa shape index (κ3) is 3.41. The van der Waals surface area contributed by atoms with Crippen molar-refractivity contribution >= 4 is 27.7 Å². The van der Waals surface area contributed by atoms with E-state index in [-0.39, 0.29) is 5.91 Å². The highest BCUT2D eigenvalue weighted by atomic mass is 79.9. The van der Waals surface area contributed by atoms with Crippen molar-refractivity contribution < 1.29 is 9.18 Å². The van der Waals surface area contributed by atoms with E-state index < -0.39 is 5.82 Å². The summed E-state index contributed by atoms with van der Waals surface area (Å²) < 4.78 is 15.4. The predicted molar refractivity (Wildman–Crippen MR) is 74.6 cm³/mol. The van der Waals surface area contributed by atoms with Crippen molar-refractivity contribution in [2.45, 2.75) is 19.9 Å². The number of anilines is 1. The molecule has 1 N–H and O–H groups in total. The second-order valence-corrected chi connectivity index (χ2v) is 4.97. The minimum Gasteiger partial charge on any atom is -0.342 e. The molecule has 0 atom stereocenters. The fraction of sp³-hybridized carbons (Fsp3) is 0.231. The first kappa shape index (κ1) is 13.7. The Labute approximate surface area is 118 Å². The highest BCUT2D eigenvalue weighted by molar-refractivity contribution is 9.10. The molecule has 1 amide bonds. The first-order chi connectivity index (χ1) is 9.10. The Morgan fingerprint density at radius 2 is 2.32 bits per heavy atom. The van der Waals surface area contributed by atoms with Gasteiger partial charge in [-0.2, -0.15) is 0 Å². The van der Waals surface area contributed by atoms with Gasteiger partial charge in [-0.05, 0) is 40.5 Å². The van der Waals surface area contributed by atoms with Crippen LogP contribution in [-0.4, -0.2) is 15.5 Å². The third-order valence-electron chi connectivity index (χ3n) is 2.53. The zero-order chi connectivity index (χ0) is 13.8. The van der Waals surface area contributed by atoms with Crippen molar-refractivity contribution in [3.8, 4) is 0 Å². The van der Waals surface area contributed by atoms with Gasteiger partial charge in [0.15, 0.2) is 0 Å². The highest BCUT2D eigenvalue weighted by Gasteiger charge is 2.13. The molecule has 0 aliphatic heterocycles. The van der Waals surface area contributed by atoms with Crippen LogP contribution in [0.5, 0.6) is 0 Å². The van der Waals surface area contributed by atoms with Gasteiger partial charge in [0, 0.05) is 17.2 Å². The summed E-state index contributed by atoms with van der Waals surface area (Å²) in [4.78, 5) is 15.9. The molecular formula is C13H13BrFN3O. The standard InChI is InChI=1S/C13H13BrFN3O/c1-2-5-18-8-9(14)6-11(18)13(19)17-12-4-3-10(15)7-16-12/h3-4,6-8H,2,5H2,1H3,(H,16,17,19). The van der Waals surface area contributed by atoms with Crippen LogP contribution in [-0.2, 0) is 6.54 Å². The zero-order valence-electron chi connectivity index (χ0n) is 10.4. The number of rotatable bonds is 4. The molecule has 0 aliphatic carbocycles. The van der Waals surface area contributed by atoms with Crippen molar-refractivity contribution in [3.05, 3.63) is 46.6 Å². The van der Waals surface area contributed by atoms with Gasteiger partial charge in [0.2, 0.25) is 0 Å². The Balaban J connectivity index is 2.17. The minimum absolute atomic E-state index is 0.266. The van der Waals surface area contributed by atoms with Crippen LogP contribution in [0.25, 0.3) is 0 Å². The second-order valence-electron chi connectivity index (χ2n) is 4.05. The summed E-state index contributed by atoms with van der Waals surface area (Å²) in [6.07, 6.45) is 3.85. The average Bonchev–Trinajstić information content (AvgIpc) is 2.74. The van der Waals surface area contributed by atoms with Crippen LogP contribution in [0.15, 0.2) is 35.1 Å². The minimum atomic E-state index is -0.435. The van der Waals surface area contributed by atoms with Crippen LogP contribution in [0.4, 0.5) is 10.2 Å². The number of aryl methyl sites for hydroxylation is 1. The van der Waals surface area contributed by atoms with Gasteiger partial charge in [-0.15, -0.1) is 0 Å². The first-order valence-electron chi connectivity index (χ1n) is 5.88. The molecular weight excluding hydrogens is 313 g/mol. The Hall–Kier alpha value is -1.69. The molecule has 2 rings (SSSR count). The highest BCUT2D eigenvalue weighted by Crippen LogP contribution is 2.17. The fourth-order valence-electron chi connectivity index (χ4n) is 1.72. The van der Waals surface area contributed by atoms with Crippen LogP contribution >= 0.6 is 15.9 Å². The van der Waals surface area contributed by atoms with Crippen molar-refractivity contribution in [1.82, 2.24) is 9.55 Å². The maximum atomic E-state index is 12.7. The maximum Gasteiger partial charge on any atom is 0.273 e. The number of aromatic nitrogens is 2. The second kappa shape index (κ2) is 5.97. The summed E-state index contributed by atoms with van der Waals surface area (Å²) in [5.74, 6) is -0.375. The molecule has 0 aliphatic rings. The molecule has 0 aromatic carbocycles. The quantitative estimate of drug-likeness (QED) is 0.935. The fourth-order valence-corrected chi connectivity index (χ4v) is 2.19. The topological polar surface area (TPSA) is 46.9 Å². The van der Waals surface area contributed by atoms with Crippen LogP contribution in [0.1, 0.15) is 23.8 Å². The molecule has 0 bridgehead atoms. The van der Waals surface area contributed by atoms with Crippen molar-refractivity contribution in [3.63, 3.8) is 0 Å². The Morgan fingerprint density at radius 1 is 1.53 bits per heavy atom. The van der Waals surface area contributed by atoms with Gasteiger partial charge in [0.25, 0.3) is 5.91 Å². The molecule has 19 heavy (non-hydrogen) atoms. The molecule has 0 saturated carbocycles. The average molecular weight is 326 g/mol. The van der Waals surface area contributed by atoms with Gasteiger partial charge in [0.05, 0.1) is 6.20 Å². The summed E-state index contributed by atoms with van der Waals surface area (Å²) in [5, 5.41) is 2.64. The van der Waals surface area contributed by atoms with E-state index in [0.717, 1.165) is 23.6 Å². The van der Waals surface area contributed by atoms with Crippen LogP contribution in [0.2, 0.25) is 0 Å². The molecule has 0 fully saturated rings. The van der Waals surface area contributed by atoms with Crippen molar-refractivity contribution in [2.24, 2.45) is 0 Å². The van der Waals surface area contributed by atoms with Gasteiger partial charge in [0.1, 0.15) is 17.3 Å². The van der Waals surface area contributed by atoms with E-state index in [2.05, 4.69) is 26.2 Å². The van der Waals surface area contributed by atoms with E-state index >= 15 is 0 Å². The van der Waals surface area contributed by atoms with E-state index in [9.17, 15) is 9.18 Å². The number of pyridine rings is 1. The van der Waals surface area contributed by atoms with Gasteiger partial charge >= 0.3 is 0 Å². The van der Waals surface area contributed by atoms with E-state index in [1.807, 2.05) is 17.7 Å². The number of hydrogen-bond acceptors (Lipinski definition) is 2. The summed E-state index contributed by atoms with van der Waals surface area (Å²) in [5.41, 5.74) is 0.542. The van der Waals surface area contributed by atoms with Crippen molar-refractivity contribution in [1.29, 1.82) is 0 Å². The molecule has 4 nitrogen and oxygen atoms in total. The van der Waals surface area contributed by atoms with Crippen LogP contribution < -0.4 is 5.32 Å². The number of carbonyl (C=O) groups is 1. The Kier molecular flexibility index (Phi) is 4.31. The molecule has 0 radical (unpaired) electrons. The van der Waals surface area contributed by atoms with E-state index in [0.29, 0.717) is 11.5 Å². The molecule has 0 unspecified atom stereocenters. The SMILES string of the molecule is CCCn1cc(Br)cc1C(=O)Nc1ccc(F)cn1.